The minimum Gasteiger partial charge on any atom is -0.406 e. The lowest BCUT2D eigenvalue weighted by molar-refractivity contribution is -0.274. The molecule has 4 nitrogen and oxygen atoms in total. The Hall–Kier alpha value is -2.02. The molecule has 1 aromatic carbocycles. The molecule has 20 heavy (non-hydrogen) atoms. The van der Waals surface area contributed by atoms with E-state index in [1.807, 2.05) is 0 Å². The highest BCUT2D eigenvalue weighted by molar-refractivity contribution is 5.92. The van der Waals surface area contributed by atoms with Crippen LogP contribution in [0.15, 0.2) is 24.3 Å². The van der Waals surface area contributed by atoms with Crippen molar-refractivity contribution in [3.63, 3.8) is 0 Å². The molecule has 2 rings (SSSR count). The van der Waals surface area contributed by atoms with E-state index in [9.17, 15) is 13.2 Å². The Morgan fingerprint density at radius 3 is 2.60 bits per heavy atom. The number of hydrogen-bond donors (Lipinski definition) is 1. The molecule has 0 fully saturated rings. The van der Waals surface area contributed by atoms with E-state index < -0.39 is 6.36 Å². The fourth-order valence-corrected chi connectivity index (χ4v) is 1.89. The molecular weight excluding hydrogens is 273 g/mol. The van der Waals surface area contributed by atoms with Crippen LogP contribution in [0.5, 0.6) is 5.75 Å². The van der Waals surface area contributed by atoms with Crippen molar-refractivity contribution in [3.05, 3.63) is 30.0 Å². The van der Waals surface area contributed by atoms with Crippen molar-refractivity contribution in [1.29, 1.82) is 0 Å². The monoisotopic (exact) mass is 286 g/mol. The quantitative estimate of drug-likeness (QED) is 0.936. The molecule has 0 radical (unpaired) electrons. The molecule has 0 unspecified atom stereocenters. The summed E-state index contributed by atoms with van der Waals surface area (Å²) in [6, 6.07) is 5.75. The number of rotatable bonds is 4. The number of fused-ring (bicyclic) bond motifs is 1. The number of nitrogens with zero attached hydrogens (tertiary/aromatic N) is 1. The number of aromatic nitrogens is 1. The Kier molecular flexibility index (Phi) is 3.99. The first-order valence-corrected chi connectivity index (χ1v) is 5.79. The van der Waals surface area contributed by atoms with Gasteiger partial charge in [0.2, 0.25) is 0 Å². The van der Waals surface area contributed by atoms with Crippen molar-refractivity contribution in [2.24, 2.45) is 0 Å². The largest absolute Gasteiger partial charge is 0.573 e. The summed E-state index contributed by atoms with van der Waals surface area (Å²) in [5.74, 6) is -0.275. The topological polar surface area (TPSA) is 43.4 Å². The molecule has 1 heterocycles. The normalized spacial score (nSPS) is 11.7. The number of alkyl halides is 3. The number of anilines is 1. The maximum atomic E-state index is 12.2. The van der Waals surface area contributed by atoms with Crippen molar-refractivity contribution in [3.8, 4) is 5.75 Å². The summed E-state index contributed by atoms with van der Waals surface area (Å²) in [6.45, 7) is 0.325. The van der Waals surface area contributed by atoms with E-state index in [4.69, 9.17) is 4.74 Å². The summed E-state index contributed by atoms with van der Waals surface area (Å²) < 4.78 is 45.6. The Labute approximate surface area is 113 Å². The van der Waals surface area contributed by atoms with Gasteiger partial charge in [-0.1, -0.05) is 0 Å². The fourth-order valence-electron chi connectivity index (χ4n) is 1.89. The molecule has 0 atom stereocenters. The van der Waals surface area contributed by atoms with Gasteiger partial charge >= 0.3 is 6.36 Å². The van der Waals surface area contributed by atoms with Crippen LogP contribution in [0.4, 0.5) is 18.9 Å². The van der Waals surface area contributed by atoms with Crippen LogP contribution < -0.4 is 10.1 Å². The first kappa shape index (κ1) is 14.4. The Bertz CT molecular complexity index is 614. The van der Waals surface area contributed by atoms with E-state index >= 15 is 0 Å². The van der Waals surface area contributed by atoms with E-state index in [2.05, 4.69) is 15.0 Å². The predicted molar refractivity (Wildman–Crippen MR) is 68.7 cm³/mol. The highest BCUT2D eigenvalue weighted by atomic mass is 19.4. The molecule has 7 heteroatoms. The standard InChI is InChI=1S/C13H13F3N2O2/c1-17-12-5-8(7-19-2)18-11-4-3-9(6-10(11)12)20-13(14,15)16/h3-6H,7H2,1-2H3,(H,17,18). The molecule has 0 saturated carbocycles. The van der Waals surface area contributed by atoms with E-state index in [1.165, 1.54) is 18.2 Å². The molecule has 1 aromatic heterocycles. The zero-order valence-electron chi connectivity index (χ0n) is 10.9. The highest BCUT2D eigenvalue weighted by Crippen LogP contribution is 2.30. The summed E-state index contributed by atoms with van der Waals surface area (Å²) >= 11 is 0. The lowest BCUT2D eigenvalue weighted by atomic mass is 10.1. The van der Waals surface area contributed by atoms with Crippen LogP contribution in [0.3, 0.4) is 0 Å². The van der Waals surface area contributed by atoms with E-state index in [1.54, 1.807) is 20.2 Å². The van der Waals surface area contributed by atoms with E-state index in [0.29, 0.717) is 28.9 Å². The van der Waals surface area contributed by atoms with Crippen molar-refractivity contribution in [1.82, 2.24) is 4.98 Å². The summed E-state index contributed by atoms with van der Waals surface area (Å²) in [6.07, 6.45) is -4.71. The number of hydrogen-bond acceptors (Lipinski definition) is 4. The number of pyridine rings is 1. The first-order chi connectivity index (χ1) is 9.43. The third-order valence-corrected chi connectivity index (χ3v) is 2.63. The molecule has 0 aliphatic carbocycles. The summed E-state index contributed by atoms with van der Waals surface area (Å²) in [7, 11) is 3.23. The van der Waals surface area contributed by atoms with Crippen LogP contribution in [-0.4, -0.2) is 25.5 Å². The van der Waals surface area contributed by atoms with E-state index in [-0.39, 0.29) is 5.75 Å². The van der Waals surface area contributed by atoms with Crippen LogP contribution in [0.1, 0.15) is 5.69 Å². The van der Waals surface area contributed by atoms with Crippen molar-refractivity contribution in [2.75, 3.05) is 19.5 Å². The summed E-state index contributed by atoms with van der Waals surface area (Å²) in [4.78, 5) is 4.31. The number of halogens is 3. The van der Waals surface area contributed by atoms with E-state index in [0.717, 1.165) is 0 Å². The number of ether oxygens (including phenoxy) is 2. The average molecular weight is 286 g/mol. The van der Waals surface area contributed by atoms with Crippen LogP contribution in [0, 0.1) is 0 Å². The minimum atomic E-state index is -4.71. The Morgan fingerprint density at radius 1 is 1.25 bits per heavy atom. The summed E-state index contributed by atoms with van der Waals surface area (Å²) in [5, 5.41) is 3.48. The molecule has 0 aliphatic rings. The molecule has 0 saturated heterocycles. The van der Waals surface area contributed by atoms with Gasteiger partial charge in [-0.05, 0) is 24.3 Å². The van der Waals surface area contributed by atoms with Crippen molar-refractivity contribution < 1.29 is 22.6 Å². The number of methoxy groups -OCH3 is 1. The minimum absolute atomic E-state index is 0.275. The number of nitrogens with one attached hydrogen (secondary N) is 1. The van der Waals surface area contributed by atoms with Crippen LogP contribution in [0.2, 0.25) is 0 Å². The predicted octanol–water partition coefficient (Wildman–Crippen LogP) is 3.32. The molecular formula is C13H13F3N2O2. The average Bonchev–Trinajstić information content (AvgIpc) is 2.36. The molecule has 0 amide bonds. The van der Waals surface area contributed by atoms with Gasteiger partial charge in [-0.25, -0.2) is 0 Å². The van der Waals surface area contributed by atoms with Gasteiger partial charge in [-0.15, -0.1) is 13.2 Å². The maximum Gasteiger partial charge on any atom is 0.573 e. The second kappa shape index (κ2) is 5.54. The van der Waals surface area contributed by atoms with Gasteiger partial charge in [0, 0.05) is 25.2 Å². The Balaban J connectivity index is 2.48. The van der Waals surface area contributed by atoms with Gasteiger partial charge in [0.25, 0.3) is 0 Å². The van der Waals surface area contributed by atoms with Gasteiger partial charge in [0.05, 0.1) is 17.8 Å². The first-order valence-electron chi connectivity index (χ1n) is 5.79. The second-order valence-corrected chi connectivity index (χ2v) is 4.07. The zero-order chi connectivity index (χ0) is 14.8. The molecule has 1 N–H and O–H groups in total. The van der Waals surface area contributed by atoms with Gasteiger partial charge in [0.15, 0.2) is 0 Å². The lowest BCUT2D eigenvalue weighted by Gasteiger charge is -2.12. The molecule has 0 spiro atoms. The van der Waals surface area contributed by atoms with Crippen molar-refractivity contribution >= 4 is 16.6 Å². The lowest BCUT2D eigenvalue weighted by Crippen LogP contribution is -2.17. The highest BCUT2D eigenvalue weighted by Gasteiger charge is 2.31. The van der Waals surface area contributed by atoms with Crippen molar-refractivity contribution in [2.45, 2.75) is 13.0 Å². The fraction of sp³-hybridized carbons (Fsp3) is 0.308. The second-order valence-electron chi connectivity index (χ2n) is 4.07. The molecule has 108 valence electrons. The van der Waals surface area contributed by atoms with Crippen LogP contribution in [0.25, 0.3) is 10.9 Å². The van der Waals surface area contributed by atoms with Gasteiger partial charge in [-0.3, -0.25) is 4.98 Å². The van der Waals surface area contributed by atoms with Crippen LogP contribution in [-0.2, 0) is 11.3 Å². The molecule has 2 aromatic rings. The van der Waals surface area contributed by atoms with Gasteiger partial charge in [0.1, 0.15) is 5.75 Å². The molecule has 0 bridgehead atoms. The maximum absolute atomic E-state index is 12.2. The Morgan fingerprint density at radius 2 is 2.00 bits per heavy atom. The molecule has 0 aliphatic heterocycles. The third-order valence-electron chi connectivity index (χ3n) is 2.63. The summed E-state index contributed by atoms with van der Waals surface area (Å²) in [5.41, 5.74) is 1.92. The van der Waals surface area contributed by atoms with Gasteiger partial charge in [-0.2, -0.15) is 0 Å². The smallest absolute Gasteiger partial charge is 0.406 e. The number of benzene rings is 1. The zero-order valence-corrected chi connectivity index (χ0v) is 10.9. The van der Waals surface area contributed by atoms with Gasteiger partial charge < -0.3 is 14.8 Å². The SMILES string of the molecule is CNc1cc(COC)nc2ccc(OC(F)(F)F)cc12. The third kappa shape index (κ3) is 3.30. The van der Waals surface area contributed by atoms with Crippen LogP contribution >= 0.6 is 0 Å².